The number of hydrogen-bond acceptors (Lipinski definition) is 5. The van der Waals surface area contributed by atoms with Crippen molar-refractivity contribution in [1.82, 2.24) is 20.0 Å². The lowest BCUT2D eigenvalue weighted by molar-refractivity contribution is 0.0697. The number of anilines is 1. The third-order valence-corrected chi connectivity index (χ3v) is 2.66. The molecule has 0 aromatic carbocycles. The summed E-state index contributed by atoms with van der Waals surface area (Å²) < 4.78 is 1.66. The van der Waals surface area contributed by atoms with Crippen molar-refractivity contribution in [3.63, 3.8) is 0 Å². The third kappa shape index (κ3) is 3.06. The van der Waals surface area contributed by atoms with Crippen LogP contribution in [0, 0.1) is 13.8 Å². The molecule has 7 nitrogen and oxygen atoms in total. The van der Waals surface area contributed by atoms with Gasteiger partial charge < -0.3 is 10.4 Å². The number of carboxylic acids is 1. The van der Waals surface area contributed by atoms with E-state index < -0.39 is 5.97 Å². The highest BCUT2D eigenvalue weighted by Gasteiger charge is 2.15. The number of aryl methyl sites for hydroxylation is 2. The summed E-state index contributed by atoms with van der Waals surface area (Å²) in [5, 5.41) is 19.8. The Labute approximate surface area is 110 Å². The van der Waals surface area contributed by atoms with E-state index in [0.717, 1.165) is 5.69 Å². The molecule has 0 spiro atoms. The Kier molecular flexibility index (Phi) is 3.74. The van der Waals surface area contributed by atoms with E-state index in [1.807, 2.05) is 6.92 Å². The average molecular weight is 261 g/mol. The summed E-state index contributed by atoms with van der Waals surface area (Å²) in [5.74, 6) is -0.585. The normalized spacial score (nSPS) is 10.4. The van der Waals surface area contributed by atoms with Crippen LogP contribution >= 0.6 is 0 Å². The van der Waals surface area contributed by atoms with Gasteiger partial charge >= 0.3 is 5.97 Å². The lowest BCUT2D eigenvalue weighted by Crippen LogP contribution is -2.16. The van der Waals surface area contributed by atoms with Crippen molar-refractivity contribution >= 4 is 11.8 Å². The van der Waals surface area contributed by atoms with Gasteiger partial charge in [0, 0.05) is 18.4 Å². The van der Waals surface area contributed by atoms with Gasteiger partial charge in [-0.25, -0.2) is 9.78 Å². The summed E-state index contributed by atoms with van der Waals surface area (Å²) in [6.45, 7) is 4.72. The van der Waals surface area contributed by atoms with Gasteiger partial charge in [0.05, 0.1) is 12.7 Å². The first-order valence-electron chi connectivity index (χ1n) is 5.87. The summed E-state index contributed by atoms with van der Waals surface area (Å²) in [4.78, 5) is 15.5. The van der Waals surface area contributed by atoms with E-state index in [1.165, 1.54) is 0 Å². The zero-order valence-corrected chi connectivity index (χ0v) is 10.8. The van der Waals surface area contributed by atoms with Gasteiger partial charge in [-0.15, -0.1) is 5.10 Å². The van der Waals surface area contributed by atoms with Crippen molar-refractivity contribution in [2.45, 2.75) is 20.4 Å². The Balaban J connectivity index is 2.12. The molecule has 0 fully saturated rings. The van der Waals surface area contributed by atoms with Gasteiger partial charge in [-0.3, -0.25) is 4.68 Å². The van der Waals surface area contributed by atoms with Crippen molar-refractivity contribution in [2.24, 2.45) is 0 Å². The predicted octanol–water partition coefficient (Wildman–Crippen LogP) is 1.10. The molecule has 2 N–H and O–H groups in total. The minimum Gasteiger partial charge on any atom is -0.478 e. The van der Waals surface area contributed by atoms with Gasteiger partial charge in [-0.1, -0.05) is 5.21 Å². The fourth-order valence-electron chi connectivity index (χ4n) is 1.88. The maximum absolute atomic E-state index is 11.2. The van der Waals surface area contributed by atoms with Gasteiger partial charge in [0.2, 0.25) is 0 Å². The summed E-state index contributed by atoms with van der Waals surface area (Å²) in [6, 6.07) is 1.76. The molecule has 2 aromatic heterocycles. The van der Waals surface area contributed by atoms with E-state index in [2.05, 4.69) is 20.6 Å². The molecule has 0 unspecified atom stereocenters. The van der Waals surface area contributed by atoms with E-state index in [9.17, 15) is 9.90 Å². The number of aromatic carboxylic acids is 1. The molecular formula is C12H15N5O2. The van der Waals surface area contributed by atoms with Crippen LogP contribution in [0.1, 0.15) is 21.6 Å². The highest BCUT2D eigenvalue weighted by Crippen LogP contribution is 2.18. The molecule has 0 saturated heterocycles. The van der Waals surface area contributed by atoms with Crippen molar-refractivity contribution in [3.8, 4) is 0 Å². The molecule has 0 bridgehead atoms. The van der Waals surface area contributed by atoms with E-state index in [1.54, 1.807) is 30.1 Å². The number of nitrogens with zero attached hydrogens (tertiary/aromatic N) is 4. The third-order valence-electron chi connectivity index (χ3n) is 2.66. The van der Waals surface area contributed by atoms with Crippen molar-refractivity contribution in [3.05, 3.63) is 35.3 Å². The fraction of sp³-hybridized carbons (Fsp3) is 0.333. The minimum atomic E-state index is -0.978. The maximum Gasteiger partial charge on any atom is 0.339 e. The van der Waals surface area contributed by atoms with Crippen molar-refractivity contribution in [1.29, 1.82) is 0 Å². The van der Waals surface area contributed by atoms with Crippen LogP contribution in [0.15, 0.2) is 18.5 Å². The molecule has 7 heteroatoms. The lowest BCUT2D eigenvalue weighted by Gasteiger charge is -2.11. The Morgan fingerprint density at radius 2 is 2.26 bits per heavy atom. The SMILES string of the molecule is Cc1cc(C)c(C(=O)O)c(NCCn2ccnn2)n1. The Bertz CT molecular complexity index is 580. The summed E-state index contributed by atoms with van der Waals surface area (Å²) >= 11 is 0. The Morgan fingerprint density at radius 1 is 1.47 bits per heavy atom. The van der Waals surface area contributed by atoms with Crippen LogP contribution < -0.4 is 5.32 Å². The second-order valence-corrected chi connectivity index (χ2v) is 4.20. The van der Waals surface area contributed by atoms with Crippen LogP contribution in [0.25, 0.3) is 0 Å². The zero-order valence-electron chi connectivity index (χ0n) is 10.8. The summed E-state index contributed by atoms with van der Waals surface area (Å²) in [7, 11) is 0. The first-order chi connectivity index (χ1) is 9.08. The number of hydrogen-bond donors (Lipinski definition) is 2. The van der Waals surface area contributed by atoms with E-state index >= 15 is 0 Å². The maximum atomic E-state index is 11.2. The number of nitrogens with one attached hydrogen (secondary N) is 1. The number of pyridine rings is 1. The van der Waals surface area contributed by atoms with Crippen LogP contribution in [-0.2, 0) is 6.54 Å². The van der Waals surface area contributed by atoms with Crippen LogP contribution in [0.3, 0.4) is 0 Å². The number of carboxylic acid groups (broad SMARTS) is 1. The Morgan fingerprint density at radius 3 is 2.89 bits per heavy atom. The molecule has 0 amide bonds. The monoisotopic (exact) mass is 261 g/mol. The van der Waals surface area contributed by atoms with Gasteiger partial charge in [0.1, 0.15) is 11.4 Å². The molecule has 0 atom stereocenters. The standard InChI is InChI=1S/C12H15N5O2/c1-8-7-9(2)15-11(10(8)12(18)19)13-3-5-17-6-4-14-16-17/h4,6-7H,3,5H2,1-2H3,(H,13,15)(H,18,19). The van der Waals surface area contributed by atoms with Crippen LogP contribution in [0.5, 0.6) is 0 Å². The molecule has 2 rings (SSSR count). The van der Waals surface area contributed by atoms with E-state index in [0.29, 0.717) is 24.5 Å². The van der Waals surface area contributed by atoms with Gasteiger partial charge in [-0.05, 0) is 25.5 Å². The topological polar surface area (TPSA) is 92.9 Å². The highest BCUT2D eigenvalue weighted by atomic mass is 16.4. The molecule has 0 saturated carbocycles. The first-order valence-corrected chi connectivity index (χ1v) is 5.87. The second kappa shape index (κ2) is 5.47. The number of rotatable bonds is 5. The highest BCUT2D eigenvalue weighted by molar-refractivity contribution is 5.94. The predicted molar refractivity (Wildman–Crippen MR) is 69.2 cm³/mol. The zero-order chi connectivity index (χ0) is 13.8. The molecule has 0 aliphatic heterocycles. The molecule has 100 valence electrons. The van der Waals surface area contributed by atoms with Crippen molar-refractivity contribution < 1.29 is 9.90 Å². The first kappa shape index (κ1) is 13.0. The smallest absolute Gasteiger partial charge is 0.339 e. The molecule has 0 aliphatic carbocycles. The van der Waals surface area contributed by atoms with E-state index in [4.69, 9.17) is 0 Å². The second-order valence-electron chi connectivity index (χ2n) is 4.20. The summed E-state index contributed by atoms with van der Waals surface area (Å²) in [5.41, 5.74) is 1.69. The average Bonchev–Trinajstić information content (AvgIpc) is 2.80. The largest absolute Gasteiger partial charge is 0.478 e. The van der Waals surface area contributed by atoms with E-state index in [-0.39, 0.29) is 5.56 Å². The van der Waals surface area contributed by atoms with Crippen LogP contribution in [0.2, 0.25) is 0 Å². The number of aromatic nitrogens is 4. The quantitative estimate of drug-likeness (QED) is 0.837. The lowest BCUT2D eigenvalue weighted by atomic mass is 10.1. The van der Waals surface area contributed by atoms with Crippen LogP contribution in [-0.4, -0.2) is 37.6 Å². The molecule has 19 heavy (non-hydrogen) atoms. The molecule has 0 radical (unpaired) electrons. The molecule has 2 aromatic rings. The van der Waals surface area contributed by atoms with Gasteiger partial charge in [0.15, 0.2) is 0 Å². The Hall–Kier alpha value is -2.44. The van der Waals surface area contributed by atoms with Gasteiger partial charge in [-0.2, -0.15) is 0 Å². The fourth-order valence-corrected chi connectivity index (χ4v) is 1.88. The molecule has 0 aliphatic rings. The number of carbonyl (C=O) groups is 1. The van der Waals surface area contributed by atoms with Crippen LogP contribution in [0.4, 0.5) is 5.82 Å². The minimum absolute atomic E-state index is 0.212. The molecule has 2 heterocycles. The summed E-state index contributed by atoms with van der Waals surface area (Å²) in [6.07, 6.45) is 3.34. The van der Waals surface area contributed by atoms with Crippen molar-refractivity contribution in [2.75, 3.05) is 11.9 Å². The van der Waals surface area contributed by atoms with Gasteiger partial charge in [0.25, 0.3) is 0 Å². The molecular weight excluding hydrogens is 246 g/mol.